The Bertz CT molecular complexity index is 463. The van der Waals surface area contributed by atoms with Gasteiger partial charge in [0.15, 0.2) is 0 Å². The van der Waals surface area contributed by atoms with Crippen LogP contribution >= 0.6 is 11.8 Å². The molecule has 1 saturated carbocycles. The van der Waals surface area contributed by atoms with Crippen LogP contribution in [0.4, 0.5) is 0 Å². The van der Waals surface area contributed by atoms with Crippen LogP contribution in [0.15, 0.2) is 38.6 Å². The van der Waals surface area contributed by atoms with Gasteiger partial charge in [0.2, 0.25) is 0 Å². The first-order valence-corrected chi connectivity index (χ1v) is 6.72. The van der Waals surface area contributed by atoms with Gasteiger partial charge in [-0.2, -0.15) is 0 Å². The summed E-state index contributed by atoms with van der Waals surface area (Å²) in [7, 11) is 0. The molecule has 3 rings (SSSR count). The lowest BCUT2D eigenvalue weighted by molar-refractivity contribution is 0.448. The summed E-state index contributed by atoms with van der Waals surface area (Å²) < 4.78 is 10.9. The summed E-state index contributed by atoms with van der Waals surface area (Å²) >= 11 is 1.54. The Morgan fingerprint density at radius 3 is 3.00 bits per heavy atom. The van der Waals surface area contributed by atoms with Crippen molar-refractivity contribution in [1.82, 2.24) is 10.3 Å². The normalized spacial score (nSPS) is 15.3. The summed E-state index contributed by atoms with van der Waals surface area (Å²) in [4.78, 5) is 4.05. The lowest BCUT2D eigenvalue weighted by atomic mass is 10.4. The maximum Gasteiger partial charge on any atom is 0.255 e. The monoisotopic (exact) mass is 250 g/mol. The molecule has 2 aromatic rings. The molecule has 0 spiro atoms. The summed E-state index contributed by atoms with van der Waals surface area (Å²) in [6.45, 7) is 0.828. The first-order valence-electron chi connectivity index (χ1n) is 5.73. The number of hydrogen-bond donors (Lipinski definition) is 1. The van der Waals surface area contributed by atoms with Gasteiger partial charge in [-0.15, -0.1) is 0 Å². The molecular weight excluding hydrogens is 236 g/mol. The van der Waals surface area contributed by atoms with Crippen LogP contribution in [0.25, 0.3) is 0 Å². The molecule has 0 amide bonds. The predicted molar refractivity (Wildman–Crippen MR) is 64.6 cm³/mol. The summed E-state index contributed by atoms with van der Waals surface area (Å²) in [6, 6.07) is 4.76. The van der Waals surface area contributed by atoms with Crippen LogP contribution < -0.4 is 5.32 Å². The van der Waals surface area contributed by atoms with E-state index in [0.717, 1.165) is 23.8 Å². The Morgan fingerprint density at radius 1 is 1.35 bits per heavy atom. The van der Waals surface area contributed by atoms with Gasteiger partial charge in [-0.05, 0) is 25.0 Å². The first-order chi connectivity index (χ1) is 8.40. The van der Waals surface area contributed by atoms with E-state index in [-0.39, 0.29) is 0 Å². The molecule has 1 N–H and O–H groups in total. The van der Waals surface area contributed by atoms with E-state index >= 15 is 0 Å². The fourth-order valence-electron chi connectivity index (χ4n) is 1.54. The molecule has 0 radical (unpaired) electrons. The van der Waals surface area contributed by atoms with Gasteiger partial charge >= 0.3 is 0 Å². The second-order valence-corrected chi connectivity index (χ2v) is 5.04. The summed E-state index contributed by atoms with van der Waals surface area (Å²) in [5.41, 5.74) is 0. The Kier molecular flexibility index (Phi) is 3.20. The van der Waals surface area contributed by atoms with Gasteiger partial charge < -0.3 is 14.2 Å². The molecule has 2 aromatic heterocycles. The van der Waals surface area contributed by atoms with E-state index < -0.39 is 0 Å². The van der Waals surface area contributed by atoms with Gasteiger partial charge in [-0.1, -0.05) is 11.8 Å². The second kappa shape index (κ2) is 4.98. The predicted octanol–water partition coefficient (Wildman–Crippen LogP) is 2.81. The Labute approximate surface area is 104 Å². The molecular formula is C12H14N2O2S. The highest BCUT2D eigenvalue weighted by Crippen LogP contribution is 2.23. The van der Waals surface area contributed by atoms with Crippen LogP contribution in [0, 0.1) is 0 Å². The van der Waals surface area contributed by atoms with E-state index in [1.807, 2.05) is 12.1 Å². The number of nitrogens with zero attached hydrogens (tertiary/aromatic N) is 1. The van der Waals surface area contributed by atoms with E-state index in [9.17, 15) is 0 Å². The van der Waals surface area contributed by atoms with Crippen LogP contribution in [0.5, 0.6) is 0 Å². The fourth-order valence-corrected chi connectivity index (χ4v) is 2.22. The highest BCUT2D eigenvalue weighted by Gasteiger charge is 2.20. The molecule has 1 fully saturated rings. The number of rotatable bonds is 6. The zero-order valence-corrected chi connectivity index (χ0v) is 10.2. The van der Waals surface area contributed by atoms with Crippen molar-refractivity contribution in [2.45, 2.75) is 36.4 Å². The largest absolute Gasteiger partial charge is 0.464 e. The van der Waals surface area contributed by atoms with Crippen molar-refractivity contribution >= 4 is 11.8 Å². The Morgan fingerprint density at radius 2 is 2.24 bits per heavy atom. The molecule has 4 nitrogen and oxygen atoms in total. The topological polar surface area (TPSA) is 51.2 Å². The number of nitrogens with one attached hydrogen (secondary N) is 1. The van der Waals surface area contributed by atoms with Crippen LogP contribution in [0.2, 0.25) is 0 Å². The molecule has 0 unspecified atom stereocenters. The zero-order chi connectivity index (χ0) is 11.5. The van der Waals surface area contributed by atoms with Crippen molar-refractivity contribution in [2.75, 3.05) is 0 Å². The molecule has 1 aliphatic carbocycles. The molecule has 0 atom stereocenters. The van der Waals surface area contributed by atoms with Crippen molar-refractivity contribution in [1.29, 1.82) is 0 Å². The van der Waals surface area contributed by atoms with Crippen molar-refractivity contribution in [2.24, 2.45) is 0 Å². The van der Waals surface area contributed by atoms with E-state index in [0.29, 0.717) is 11.3 Å². The van der Waals surface area contributed by atoms with Crippen LogP contribution in [-0.2, 0) is 12.3 Å². The second-order valence-electron chi connectivity index (χ2n) is 4.11. The third-order valence-electron chi connectivity index (χ3n) is 2.61. The zero-order valence-electron chi connectivity index (χ0n) is 9.39. The highest BCUT2D eigenvalue weighted by atomic mass is 32.2. The minimum Gasteiger partial charge on any atom is -0.464 e. The van der Waals surface area contributed by atoms with E-state index in [4.69, 9.17) is 8.83 Å². The lowest BCUT2D eigenvalue weighted by Gasteiger charge is -1.98. The maximum absolute atomic E-state index is 5.71. The number of furan rings is 1. The molecule has 2 heterocycles. The minimum atomic E-state index is 0.680. The molecule has 0 aliphatic heterocycles. The SMILES string of the molecule is c1coc(SCc2ccc(CNC3CC3)o2)n1. The van der Waals surface area contributed by atoms with Gasteiger partial charge in [-0.25, -0.2) is 4.98 Å². The van der Waals surface area contributed by atoms with Gasteiger partial charge in [0, 0.05) is 6.04 Å². The number of hydrogen-bond acceptors (Lipinski definition) is 5. The maximum atomic E-state index is 5.71. The number of oxazole rings is 1. The van der Waals surface area contributed by atoms with Crippen molar-refractivity contribution in [3.63, 3.8) is 0 Å². The van der Waals surface area contributed by atoms with E-state index in [1.165, 1.54) is 24.6 Å². The van der Waals surface area contributed by atoms with Crippen molar-refractivity contribution in [3.05, 3.63) is 36.1 Å². The van der Waals surface area contributed by atoms with Crippen LogP contribution in [-0.4, -0.2) is 11.0 Å². The molecule has 17 heavy (non-hydrogen) atoms. The van der Waals surface area contributed by atoms with Crippen LogP contribution in [0.1, 0.15) is 24.4 Å². The van der Waals surface area contributed by atoms with Gasteiger partial charge in [0.05, 0.1) is 18.5 Å². The van der Waals surface area contributed by atoms with Gasteiger partial charge in [-0.3, -0.25) is 0 Å². The smallest absolute Gasteiger partial charge is 0.255 e. The molecule has 0 bridgehead atoms. The summed E-state index contributed by atoms with van der Waals surface area (Å²) in [5, 5.41) is 4.10. The minimum absolute atomic E-state index is 0.680. The lowest BCUT2D eigenvalue weighted by Crippen LogP contribution is -2.14. The van der Waals surface area contributed by atoms with E-state index in [2.05, 4.69) is 10.3 Å². The van der Waals surface area contributed by atoms with Gasteiger partial charge in [0.25, 0.3) is 5.22 Å². The number of thioether (sulfide) groups is 1. The average molecular weight is 250 g/mol. The standard InChI is InChI=1S/C12H14N2O2S/c1-2-9(1)14-7-10-3-4-11(16-10)8-17-12-13-5-6-15-12/h3-6,9,14H,1-2,7-8H2. The molecule has 5 heteroatoms. The third-order valence-corrected chi connectivity index (χ3v) is 3.48. The molecule has 0 aromatic carbocycles. The van der Waals surface area contributed by atoms with E-state index in [1.54, 1.807) is 12.5 Å². The average Bonchev–Trinajstić information content (AvgIpc) is 2.86. The Hall–Kier alpha value is -1.20. The fraction of sp³-hybridized carbons (Fsp3) is 0.417. The third kappa shape index (κ3) is 3.14. The van der Waals surface area contributed by atoms with Crippen molar-refractivity contribution in [3.8, 4) is 0 Å². The molecule has 1 aliphatic rings. The summed E-state index contributed by atoms with van der Waals surface area (Å²) in [5.74, 6) is 2.71. The van der Waals surface area contributed by atoms with Gasteiger partial charge in [0.1, 0.15) is 17.8 Å². The summed E-state index contributed by atoms with van der Waals surface area (Å²) in [6.07, 6.45) is 5.83. The number of aromatic nitrogens is 1. The molecule has 0 saturated heterocycles. The Balaban J connectivity index is 1.49. The quantitative estimate of drug-likeness (QED) is 0.799. The molecule has 90 valence electrons. The first kappa shape index (κ1) is 10.9. The van der Waals surface area contributed by atoms with Crippen molar-refractivity contribution < 1.29 is 8.83 Å². The van der Waals surface area contributed by atoms with Crippen LogP contribution in [0.3, 0.4) is 0 Å². The highest BCUT2D eigenvalue weighted by molar-refractivity contribution is 7.98.